The van der Waals surface area contributed by atoms with Gasteiger partial charge in [0.2, 0.25) is 0 Å². The molecule has 0 atom stereocenters. The van der Waals surface area contributed by atoms with Crippen LogP contribution in [-0.4, -0.2) is 9.97 Å². The molecule has 1 heterocycles. The molecule has 31 heavy (non-hydrogen) atoms. The van der Waals surface area contributed by atoms with Crippen LogP contribution < -0.4 is 0 Å². The van der Waals surface area contributed by atoms with Crippen molar-refractivity contribution in [2.75, 3.05) is 0 Å². The molecule has 0 aliphatic heterocycles. The largest absolute Gasteiger partial charge is 0.241 e. The van der Waals surface area contributed by atoms with Crippen molar-refractivity contribution < 1.29 is 0 Å². The van der Waals surface area contributed by atoms with Crippen molar-refractivity contribution in [3.63, 3.8) is 0 Å². The first kappa shape index (κ1) is 24.4. The third-order valence-electron chi connectivity index (χ3n) is 7.08. The number of aryl methyl sites for hydroxylation is 2. The Bertz CT molecular complexity index is 763. The topological polar surface area (TPSA) is 25.8 Å². The van der Waals surface area contributed by atoms with Gasteiger partial charge in [-0.25, -0.2) is 9.97 Å². The summed E-state index contributed by atoms with van der Waals surface area (Å²) in [5, 5.41) is 0. The third-order valence-corrected chi connectivity index (χ3v) is 7.73. The average Bonchev–Trinajstić information content (AvgIpc) is 2.79. The Kier molecular flexibility index (Phi) is 10.5. The third kappa shape index (κ3) is 8.00. The molecule has 0 saturated heterocycles. The molecule has 3 heteroatoms. The molecule has 1 fully saturated rings. The Hall–Kier alpha value is -1.22. The molecule has 0 N–H and O–H groups in total. The van der Waals surface area contributed by atoms with Crippen molar-refractivity contribution in [2.24, 2.45) is 11.8 Å². The lowest BCUT2D eigenvalue weighted by molar-refractivity contribution is 0.248. The Labute approximate surface area is 198 Å². The first-order chi connectivity index (χ1) is 15.2. The van der Waals surface area contributed by atoms with Gasteiger partial charge < -0.3 is 0 Å². The highest BCUT2D eigenvalue weighted by molar-refractivity contribution is 9.10. The molecule has 3 rings (SSSR count). The van der Waals surface area contributed by atoms with Crippen LogP contribution in [0.15, 0.2) is 35.1 Å². The van der Waals surface area contributed by atoms with Crippen molar-refractivity contribution in [1.29, 1.82) is 0 Å². The van der Waals surface area contributed by atoms with Crippen LogP contribution in [0.5, 0.6) is 0 Å². The number of aromatic nitrogens is 2. The zero-order valence-electron chi connectivity index (χ0n) is 19.7. The van der Waals surface area contributed by atoms with Gasteiger partial charge in [0.1, 0.15) is 5.82 Å². The summed E-state index contributed by atoms with van der Waals surface area (Å²) in [6.07, 6.45) is 22.6. The number of nitrogens with zero attached hydrogens (tertiary/aromatic N) is 2. The lowest BCUT2D eigenvalue weighted by Crippen LogP contribution is -2.15. The quantitative estimate of drug-likeness (QED) is 0.280. The smallest absolute Gasteiger partial charge is 0.128 e. The molecule has 2 aromatic rings. The minimum absolute atomic E-state index is 0.875. The summed E-state index contributed by atoms with van der Waals surface area (Å²) in [6, 6.07) is 6.72. The van der Waals surface area contributed by atoms with Crippen molar-refractivity contribution in [3.8, 4) is 11.1 Å². The van der Waals surface area contributed by atoms with Gasteiger partial charge in [-0.3, -0.25) is 0 Å². The average molecular weight is 486 g/mol. The molecule has 0 amide bonds. The van der Waals surface area contributed by atoms with Crippen LogP contribution in [-0.2, 0) is 12.8 Å². The molecule has 0 radical (unpaired) electrons. The maximum Gasteiger partial charge on any atom is 0.128 e. The lowest BCUT2D eigenvalue weighted by Gasteiger charge is -2.28. The van der Waals surface area contributed by atoms with Crippen LogP contribution in [0.3, 0.4) is 0 Å². The fraction of sp³-hybridized carbons (Fsp3) is 0.643. The number of unbranched alkanes of at least 4 members (excludes halogenated alkanes) is 4. The second-order valence-corrected chi connectivity index (χ2v) is 10.4. The molecular formula is C28H41BrN2. The molecular weight excluding hydrogens is 444 g/mol. The van der Waals surface area contributed by atoms with Crippen LogP contribution in [0.4, 0.5) is 0 Å². The van der Waals surface area contributed by atoms with E-state index in [-0.39, 0.29) is 0 Å². The van der Waals surface area contributed by atoms with Gasteiger partial charge in [0, 0.05) is 28.9 Å². The number of rotatable bonds is 12. The highest BCUT2D eigenvalue weighted by atomic mass is 79.9. The Morgan fingerprint density at radius 1 is 0.806 bits per heavy atom. The van der Waals surface area contributed by atoms with E-state index in [1.165, 1.54) is 88.2 Å². The van der Waals surface area contributed by atoms with Crippen molar-refractivity contribution in [1.82, 2.24) is 9.97 Å². The fourth-order valence-corrected chi connectivity index (χ4v) is 5.63. The summed E-state index contributed by atoms with van der Waals surface area (Å²) < 4.78 is 1.15. The van der Waals surface area contributed by atoms with Crippen LogP contribution in [0.1, 0.15) is 102 Å². The van der Waals surface area contributed by atoms with E-state index in [0.717, 1.165) is 40.5 Å². The molecule has 0 unspecified atom stereocenters. The van der Waals surface area contributed by atoms with E-state index >= 15 is 0 Å². The normalized spacial score (nSPS) is 18.9. The van der Waals surface area contributed by atoms with E-state index in [4.69, 9.17) is 9.97 Å². The fourth-order valence-electron chi connectivity index (χ4n) is 4.98. The zero-order valence-corrected chi connectivity index (χ0v) is 21.3. The van der Waals surface area contributed by atoms with Gasteiger partial charge in [-0.05, 0) is 48.3 Å². The SMILES string of the molecule is CCCCCc1ccc(-c2cnc(CCC3CCC(CCCCC)CC3)nc2)c(Br)c1. The summed E-state index contributed by atoms with van der Waals surface area (Å²) in [6.45, 7) is 4.55. The first-order valence-corrected chi connectivity index (χ1v) is 13.6. The van der Waals surface area contributed by atoms with Crippen LogP contribution >= 0.6 is 15.9 Å². The molecule has 1 aromatic heterocycles. The van der Waals surface area contributed by atoms with E-state index < -0.39 is 0 Å². The summed E-state index contributed by atoms with van der Waals surface area (Å²) in [7, 11) is 0. The second kappa shape index (κ2) is 13.4. The molecule has 1 aliphatic carbocycles. The summed E-state index contributed by atoms with van der Waals surface area (Å²) >= 11 is 3.76. The first-order valence-electron chi connectivity index (χ1n) is 12.8. The molecule has 2 nitrogen and oxygen atoms in total. The monoisotopic (exact) mass is 484 g/mol. The van der Waals surface area contributed by atoms with Crippen LogP contribution in [0.2, 0.25) is 0 Å². The molecule has 1 aromatic carbocycles. The standard InChI is InChI=1S/C28H41BrN2/c1-3-5-7-9-22-11-13-23(14-12-22)16-18-28-30-20-25(21-31-28)26-17-15-24(19-27(26)29)10-8-6-4-2/h15,17,19-23H,3-14,16,18H2,1-2H3. The summed E-state index contributed by atoms with van der Waals surface area (Å²) in [5.41, 5.74) is 3.69. The van der Waals surface area contributed by atoms with Crippen LogP contribution in [0, 0.1) is 11.8 Å². The van der Waals surface area contributed by atoms with Crippen molar-refractivity contribution in [3.05, 3.63) is 46.5 Å². The van der Waals surface area contributed by atoms with Gasteiger partial charge >= 0.3 is 0 Å². The Morgan fingerprint density at radius 2 is 1.45 bits per heavy atom. The van der Waals surface area contributed by atoms with Crippen molar-refractivity contribution >= 4 is 15.9 Å². The van der Waals surface area contributed by atoms with Gasteiger partial charge in [0.25, 0.3) is 0 Å². The maximum atomic E-state index is 4.70. The number of halogens is 1. The number of hydrogen-bond acceptors (Lipinski definition) is 2. The highest BCUT2D eigenvalue weighted by Gasteiger charge is 2.21. The number of benzene rings is 1. The van der Waals surface area contributed by atoms with E-state index in [0.29, 0.717) is 0 Å². The van der Waals surface area contributed by atoms with E-state index in [2.05, 4.69) is 48.0 Å². The summed E-state index contributed by atoms with van der Waals surface area (Å²) in [5.74, 6) is 2.87. The maximum absolute atomic E-state index is 4.70. The predicted octanol–water partition coefficient (Wildman–Crippen LogP) is 8.96. The molecule has 170 valence electrons. The molecule has 0 spiro atoms. The van der Waals surface area contributed by atoms with Crippen LogP contribution in [0.25, 0.3) is 11.1 Å². The van der Waals surface area contributed by atoms with Gasteiger partial charge in [-0.2, -0.15) is 0 Å². The van der Waals surface area contributed by atoms with Gasteiger partial charge in [-0.1, -0.05) is 106 Å². The molecule has 0 bridgehead atoms. The molecule has 1 saturated carbocycles. The highest BCUT2D eigenvalue weighted by Crippen LogP contribution is 2.34. The molecule has 1 aliphatic rings. The second-order valence-electron chi connectivity index (χ2n) is 9.58. The van der Waals surface area contributed by atoms with E-state index in [9.17, 15) is 0 Å². The van der Waals surface area contributed by atoms with E-state index in [1.807, 2.05) is 12.4 Å². The zero-order chi connectivity index (χ0) is 21.9. The Morgan fingerprint density at radius 3 is 2.10 bits per heavy atom. The summed E-state index contributed by atoms with van der Waals surface area (Å²) in [4.78, 5) is 9.39. The van der Waals surface area contributed by atoms with Gasteiger partial charge in [0.15, 0.2) is 0 Å². The van der Waals surface area contributed by atoms with Gasteiger partial charge in [-0.15, -0.1) is 0 Å². The lowest BCUT2D eigenvalue weighted by atomic mass is 9.78. The Balaban J connectivity index is 1.45. The minimum atomic E-state index is 0.875. The predicted molar refractivity (Wildman–Crippen MR) is 136 cm³/mol. The minimum Gasteiger partial charge on any atom is -0.241 e. The number of hydrogen-bond donors (Lipinski definition) is 0. The van der Waals surface area contributed by atoms with E-state index in [1.54, 1.807) is 0 Å². The van der Waals surface area contributed by atoms with Crippen molar-refractivity contribution in [2.45, 2.75) is 104 Å². The van der Waals surface area contributed by atoms with Gasteiger partial charge in [0.05, 0.1) is 0 Å².